The van der Waals surface area contributed by atoms with E-state index in [2.05, 4.69) is 18.8 Å². The Balaban J connectivity index is 0.000000442. The standard InChI is InChI=1S/C16H25N3O3S.C16H24O4S/c1-4-5-6-7-8-12-9-10-13(15(20)19-16(17)18)11(2)14(12)23(3,21)22;1-5-6-7-8-9-13-10-11-14(16(17)20-3)12(2)15(13)21(4,18)19/h9-10H,4-8H2,1-3H3,(H4,17,18,19,20);10-11H,5-9H2,1-4H3. The first kappa shape index (κ1) is 38.8. The van der Waals surface area contributed by atoms with E-state index in [0.717, 1.165) is 68.7 Å². The summed E-state index contributed by atoms with van der Waals surface area (Å²) in [6, 6.07) is 6.67. The molecule has 246 valence electrons. The van der Waals surface area contributed by atoms with E-state index < -0.39 is 31.6 Å². The van der Waals surface area contributed by atoms with Crippen LogP contribution in [0.1, 0.15) is 108 Å². The number of aliphatic imine (C=N–C) groups is 1. The molecule has 0 aliphatic carbocycles. The van der Waals surface area contributed by atoms with E-state index in [0.29, 0.717) is 29.5 Å². The van der Waals surface area contributed by atoms with Crippen LogP contribution in [0.5, 0.6) is 0 Å². The number of guanidine groups is 1. The molecule has 0 aromatic heterocycles. The molecule has 0 bridgehead atoms. The zero-order valence-electron chi connectivity index (χ0n) is 27.2. The largest absolute Gasteiger partial charge is 0.465 e. The van der Waals surface area contributed by atoms with E-state index in [1.807, 2.05) is 0 Å². The van der Waals surface area contributed by atoms with Gasteiger partial charge in [-0.3, -0.25) is 4.79 Å². The lowest BCUT2D eigenvalue weighted by Crippen LogP contribution is -2.24. The molecule has 2 rings (SSSR count). The van der Waals surface area contributed by atoms with Gasteiger partial charge in [-0.1, -0.05) is 64.5 Å². The molecule has 0 aliphatic heterocycles. The Hall–Kier alpha value is -3.25. The van der Waals surface area contributed by atoms with Crippen LogP contribution in [0.2, 0.25) is 0 Å². The summed E-state index contributed by atoms with van der Waals surface area (Å²) < 4.78 is 53.2. The molecule has 0 radical (unpaired) electrons. The van der Waals surface area contributed by atoms with Crippen LogP contribution in [0.15, 0.2) is 39.0 Å². The molecule has 10 nitrogen and oxygen atoms in total. The predicted molar refractivity (Wildman–Crippen MR) is 176 cm³/mol. The van der Waals surface area contributed by atoms with Crippen LogP contribution in [0, 0.1) is 13.8 Å². The molecule has 2 aromatic carbocycles. The van der Waals surface area contributed by atoms with Gasteiger partial charge in [0.25, 0.3) is 5.91 Å². The lowest BCUT2D eigenvalue weighted by Gasteiger charge is -2.14. The van der Waals surface area contributed by atoms with Gasteiger partial charge in [-0.05, 0) is 73.9 Å². The number of unbranched alkanes of at least 4 members (excludes halogenated alkanes) is 6. The lowest BCUT2D eigenvalue weighted by atomic mass is 10.00. The van der Waals surface area contributed by atoms with E-state index in [4.69, 9.17) is 16.2 Å². The zero-order chi connectivity index (χ0) is 33.7. The van der Waals surface area contributed by atoms with Crippen LogP contribution >= 0.6 is 0 Å². The monoisotopic (exact) mass is 651 g/mol. The van der Waals surface area contributed by atoms with E-state index in [1.54, 1.807) is 38.1 Å². The van der Waals surface area contributed by atoms with Crippen molar-refractivity contribution in [1.29, 1.82) is 0 Å². The number of hydrogen-bond donors (Lipinski definition) is 2. The van der Waals surface area contributed by atoms with Gasteiger partial charge in [0, 0.05) is 18.1 Å². The highest BCUT2D eigenvalue weighted by molar-refractivity contribution is 7.91. The molecule has 0 spiro atoms. The van der Waals surface area contributed by atoms with Gasteiger partial charge in [-0.15, -0.1) is 0 Å². The third-order valence-corrected chi connectivity index (χ3v) is 9.80. The summed E-state index contributed by atoms with van der Waals surface area (Å²) in [5.41, 5.74) is 13.4. The van der Waals surface area contributed by atoms with Gasteiger partial charge < -0.3 is 16.2 Å². The third-order valence-electron chi connectivity index (χ3n) is 7.18. The van der Waals surface area contributed by atoms with Gasteiger partial charge in [0.1, 0.15) is 0 Å². The maximum atomic E-state index is 12.2. The summed E-state index contributed by atoms with van der Waals surface area (Å²) in [7, 11) is -5.54. The maximum Gasteiger partial charge on any atom is 0.338 e. The molecule has 0 atom stereocenters. The number of sulfone groups is 2. The summed E-state index contributed by atoms with van der Waals surface area (Å²) in [6.45, 7) is 7.53. The van der Waals surface area contributed by atoms with Crippen LogP contribution in [-0.2, 0) is 37.3 Å². The van der Waals surface area contributed by atoms with Gasteiger partial charge in [0.05, 0.1) is 22.5 Å². The Morgan fingerprint density at radius 3 is 1.48 bits per heavy atom. The highest BCUT2D eigenvalue weighted by Crippen LogP contribution is 2.27. The molecule has 2 aromatic rings. The fourth-order valence-corrected chi connectivity index (χ4v) is 7.77. The van der Waals surface area contributed by atoms with Crippen molar-refractivity contribution in [2.24, 2.45) is 16.5 Å². The lowest BCUT2D eigenvalue weighted by molar-refractivity contribution is 0.0599. The highest BCUT2D eigenvalue weighted by atomic mass is 32.2. The van der Waals surface area contributed by atoms with Gasteiger partial charge in [0.2, 0.25) is 0 Å². The summed E-state index contributed by atoms with van der Waals surface area (Å²) >= 11 is 0. The van der Waals surface area contributed by atoms with E-state index in [-0.39, 0.29) is 21.3 Å². The second-order valence-electron chi connectivity index (χ2n) is 11.0. The van der Waals surface area contributed by atoms with Crippen molar-refractivity contribution >= 4 is 37.5 Å². The maximum absolute atomic E-state index is 12.2. The highest BCUT2D eigenvalue weighted by Gasteiger charge is 2.23. The van der Waals surface area contributed by atoms with Crippen molar-refractivity contribution < 1.29 is 31.2 Å². The molecular formula is C32H49N3O7S2. The summed E-state index contributed by atoms with van der Waals surface area (Å²) in [5.74, 6) is -1.49. The average molecular weight is 652 g/mol. The summed E-state index contributed by atoms with van der Waals surface area (Å²) in [5, 5.41) is 0. The van der Waals surface area contributed by atoms with Crippen LogP contribution in [0.25, 0.3) is 0 Å². The quantitative estimate of drug-likeness (QED) is 0.120. The topological polar surface area (TPSA) is 176 Å². The number of ether oxygens (including phenoxy) is 1. The predicted octanol–water partition coefficient (Wildman–Crippen LogP) is 5.24. The molecule has 4 N–H and O–H groups in total. The second-order valence-corrected chi connectivity index (χ2v) is 14.9. The average Bonchev–Trinajstić information content (AvgIpc) is 2.91. The molecule has 0 unspecified atom stereocenters. The molecule has 12 heteroatoms. The van der Waals surface area contributed by atoms with Crippen molar-refractivity contribution in [3.63, 3.8) is 0 Å². The number of nitrogens with two attached hydrogens (primary N) is 2. The van der Waals surface area contributed by atoms with Crippen molar-refractivity contribution in [2.45, 2.75) is 102 Å². The number of nitrogens with zero attached hydrogens (tertiary/aromatic N) is 1. The zero-order valence-corrected chi connectivity index (χ0v) is 28.8. The Kier molecular flexibility index (Phi) is 15.8. The molecule has 1 amide bonds. The molecule has 0 saturated carbocycles. The first-order chi connectivity index (χ1) is 20.5. The Morgan fingerprint density at radius 1 is 0.705 bits per heavy atom. The number of carbonyl (C=O) groups is 2. The molecule has 0 aliphatic rings. The van der Waals surface area contributed by atoms with Crippen molar-refractivity contribution in [1.82, 2.24) is 0 Å². The van der Waals surface area contributed by atoms with Crippen LogP contribution in [-0.4, -0.2) is 54.3 Å². The minimum Gasteiger partial charge on any atom is -0.465 e. The number of hydrogen-bond acceptors (Lipinski definition) is 7. The number of benzene rings is 2. The van der Waals surface area contributed by atoms with Gasteiger partial charge >= 0.3 is 5.97 Å². The second kappa shape index (κ2) is 17.9. The van der Waals surface area contributed by atoms with Crippen LogP contribution < -0.4 is 11.5 Å². The Labute approximate surface area is 263 Å². The molecule has 44 heavy (non-hydrogen) atoms. The van der Waals surface area contributed by atoms with Crippen molar-refractivity contribution in [3.8, 4) is 0 Å². The number of rotatable bonds is 14. The minimum absolute atomic E-state index is 0.205. The molecule has 0 fully saturated rings. The third kappa shape index (κ3) is 11.7. The smallest absolute Gasteiger partial charge is 0.338 e. The summed E-state index contributed by atoms with van der Waals surface area (Å²) in [6.07, 6.45) is 12.2. The fourth-order valence-electron chi connectivity index (χ4n) is 5.15. The minimum atomic E-state index is -3.45. The number of esters is 1. The van der Waals surface area contributed by atoms with Crippen molar-refractivity contribution in [3.05, 3.63) is 57.6 Å². The van der Waals surface area contributed by atoms with Crippen LogP contribution in [0.3, 0.4) is 0 Å². The van der Waals surface area contributed by atoms with Gasteiger partial charge in [-0.2, -0.15) is 4.99 Å². The van der Waals surface area contributed by atoms with Gasteiger partial charge in [0.15, 0.2) is 25.6 Å². The van der Waals surface area contributed by atoms with E-state index in [1.165, 1.54) is 13.4 Å². The number of amides is 1. The fraction of sp³-hybridized carbons (Fsp3) is 0.531. The molecular weight excluding hydrogens is 603 g/mol. The number of aryl methyl sites for hydroxylation is 2. The normalized spacial score (nSPS) is 11.3. The Morgan fingerprint density at radius 2 is 1.11 bits per heavy atom. The van der Waals surface area contributed by atoms with E-state index in [9.17, 15) is 26.4 Å². The first-order valence-electron chi connectivity index (χ1n) is 14.9. The van der Waals surface area contributed by atoms with Crippen molar-refractivity contribution in [2.75, 3.05) is 19.6 Å². The molecule has 0 heterocycles. The molecule has 0 saturated heterocycles. The Bertz CT molecular complexity index is 1540. The summed E-state index contributed by atoms with van der Waals surface area (Å²) in [4.78, 5) is 27.7. The number of carbonyl (C=O) groups excluding carboxylic acids is 2. The van der Waals surface area contributed by atoms with Crippen LogP contribution in [0.4, 0.5) is 0 Å². The number of methoxy groups -OCH3 is 1. The van der Waals surface area contributed by atoms with E-state index >= 15 is 0 Å². The van der Waals surface area contributed by atoms with Gasteiger partial charge in [-0.25, -0.2) is 21.6 Å². The first-order valence-corrected chi connectivity index (χ1v) is 18.7. The SMILES string of the molecule is CCCCCCc1ccc(C(=O)N=C(N)N)c(C)c1S(C)(=O)=O.CCCCCCc1ccc(C(=O)OC)c(C)c1S(C)(=O)=O.